The molecule has 114 valence electrons. The molecule has 0 aromatic carbocycles. The van der Waals surface area contributed by atoms with Crippen LogP contribution in [0.4, 0.5) is 0 Å². The molecule has 2 unspecified atom stereocenters. The summed E-state index contributed by atoms with van der Waals surface area (Å²) >= 11 is 0. The van der Waals surface area contributed by atoms with Crippen molar-refractivity contribution in [2.24, 2.45) is 5.92 Å². The van der Waals surface area contributed by atoms with Gasteiger partial charge in [-0.25, -0.2) is 0 Å². The zero-order valence-corrected chi connectivity index (χ0v) is 13.3. The van der Waals surface area contributed by atoms with Crippen LogP contribution < -0.4 is 5.32 Å². The van der Waals surface area contributed by atoms with E-state index in [9.17, 15) is 9.90 Å². The Hall–Kier alpha value is -0.610. The molecule has 0 fully saturated rings. The molecule has 0 rings (SSSR count). The maximum Gasteiger partial charge on any atom is 0.323 e. The monoisotopic (exact) mass is 272 g/mol. The van der Waals surface area contributed by atoms with Gasteiger partial charge in [-0.15, -0.1) is 0 Å². The summed E-state index contributed by atoms with van der Waals surface area (Å²) in [5.74, 6) is -0.0180. The fourth-order valence-corrected chi connectivity index (χ4v) is 2.47. The van der Waals surface area contributed by atoms with Gasteiger partial charge in [0, 0.05) is 6.54 Å². The minimum absolute atomic E-state index is 0.630. The molecule has 0 heterocycles. The predicted octanol–water partition coefficient (Wildman–Crippen LogP) is 2.59. The van der Waals surface area contributed by atoms with Crippen molar-refractivity contribution in [2.45, 2.75) is 58.9 Å². The lowest BCUT2D eigenvalue weighted by Crippen LogP contribution is -2.51. The molecule has 0 aromatic heterocycles. The summed E-state index contributed by atoms with van der Waals surface area (Å²) in [4.78, 5) is 13.8. The zero-order chi connectivity index (χ0) is 14.9. The molecule has 0 spiro atoms. The SMILES string of the molecule is CCNC(CC)(CCCN(C)CC(C)CC)C(=O)O. The van der Waals surface area contributed by atoms with Crippen molar-refractivity contribution < 1.29 is 9.90 Å². The summed E-state index contributed by atoms with van der Waals surface area (Å²) in [5.41, 5.74) is -0.744. The van der Waals surface area contributed by atoms with Crippen LogP contribution in [0.25, 0.3) is 0 Å². The number of hydrogen-bond donors (Lipinski definition) is 2. The van der Waals surface area contributed by atoms with Crippen LogP contribution in [0.2, 0.25) is 0 Å². The molecule has 0 amide bonds. The van der Waals surface area contributed by atoms with Gasteiger partial charge in [0.2, 0.25) is 0 Å². The van der Waals surface area contributed by atoms with E-state index >= 15 is 0 Å². The van der Waals surface area contributed by atoms with Crippen molar-refractivity contribution in [1.29, 1.82) is 0 Å². The molecule has 2 atom stereocenters. The van der Waals surface area contributed by atoms with Crippen molar-refractivity contribution in [2.75, 3.05) is 26.7 Å². The van der Waals surface area contributed by atoms with Gasteiger partial charge in [0.1, 0.15) is 5.54 Å². The van der Waals surface area contributed by atoms with E-state index in [-0.39, 0.29) is 0 Å². The molecule has 0 aliphatic heterocycles. The summed E-state index contributed by atoms with van der Waals surface area (Å²) < 4.78 is 0. The van der Waals surface area contributed by atoms with Crippen LogP contribution in [0, 0.1) is 5.92 Å². The quantitative estimate of drug-likeness (QED) is 0.607. The van der Waals surface area contributed by atoms with Gasteiger partial charge in [-0.05, 0) is 45.3 Å². The largest absolute Gasteiger partial charge is 0.480 e. The Balaban J connectivity index is 4.22. The van der Waals surface area contributed by atoms with Crippen LogP contribution in [0.3, 0.4) is 0 Å². The number of carbonyl (C=O) groups is 1. The van der Waals surface area contributed by atoms with Gasteiger partial charge >= 0.3 is 5.97 Å². The topological polar surface area (TPSA) is 52.6 Å². The fourth-order valence-electron chi connectivity index (χ4n) is 2.47. The van der Waals surface area contributed by atoms with Crippen molar-refractivity contribution in [3.05, 3.63) is 0 Å². The number of likely N-dealkylation sites (N-methyl/N-ethyl adjacent to an activating group) is 1. The van der Waals surface area contributed by atoms with E-state index in [4.69, 9.17) is 0 Å². The average Bonchev–Trinajstić information content (AvgIpc) is 2.37. The third kappa shape index (κ3) is 6.39. The summed E-state index contributed by atoms with van der Waals surface area (Å²) in [6.45, 7) is 11.1. The van der Waals surface area contributed by atoms with E-state index in [1.165, 1.54) is 6.42 Å². The molecule has 0 aliphatic carbocycles. The molecule has 0 radical (unpaired) electrons. The molecule has 19 heavy (non-hydrogen) atoms. The first kappa shape index (κ1) is 18.4. The van der Waals surface area contributed by atoms with Crippen molar-refractivity contribution >= 4 is 5.97 Å². The maximum atomic E-state index is 11.5. The molecule has 0 saturated carbocycles. The highest BCUT2D eigenvalue weighted by molar-refractivity contribution is 5.78. The van der Waals surface area contributed by atoms with E-state index < -0.39 is 11.5 Å². The van der Waals surface area contributed by atoms with Crippen molar-refractivity contribution in [3.63, 3.8) is 0 Å². The normalized spacial score (nSPS) is 16.3. The number of carboxylic acid groups (broad SMARTS) is 1. The summed E-state index contributed by atoms with van der Waals surface area (Å²) in [6, 6.07) is 0. The summed E-state index contributed by atoms with van der Waals surface area (Å²) in [5, 5.41) is 12.6. The molecular weight excluding hydrogens is 240 g/mol. The fraction of sp³-hybridized carbons (Fsp3) is 0.933. The van der Waals surface area contributed by atoms with E-state index in [0.29, 0.717) is 25.3 Å². The van der Waals surface area contributed by atoms with Crippen LogP contribution in [0.5, 0.6) is 0 Å². The van der Waals surface area contributed by atoms with Gasteiger partial charge in [0.25, 0.3) is 0 Å². The number of nitrogens with zero attached hydrogens (tertiary/aromatic N) is 1. The van der Waals surface area contributed by atoms with Crippen molar-refractivity contribution in [1.82, 2.24) is 10.2 Å². The second-order valence-electron chi connectivity index (χ2n) is 5.65. The Bertz CT molecular complexity index is 259. The molecule has 4 nitrogen and oxygen atoms in total. The van der Waals surface area contributed by atoms with Crippen molar-refractivity contribution in [3.8, 4) is 0 Å². The number of carboxylic acids is 1. The molecule has 2 N–H and O–H groups in total. The van der Waals surface area contributed by atoms with Crippen LogP contribution in [0.15, 0.2) is 0 Å². The third-order valence-electron chi connectivity index (χ3n) is 3.99. The summed E-state index contributed by atoms with van der Waals surface area (Å²) in [6.07, 6.45) is 3.43. The minimum Gasteiger partial charge on any atom is -0.480 e. The first-order chi connectivity index (χ1) is 8.91. The van der Waals surface area contributed by atoms with Crippen LogP contribution in [0.1, 0.15) is 53.4 Å². The lowest BCUT2D eigenvalue weighted by atomic mass is 9.90. The smallest absolute Gasteiger partial charge is 0.323 e. The Morgan fingerprint density at radius 1 is 1.37 bits per heavy atom. The highest BCUT2D eigenvalue weighted by atomic mass is 16.4. The van der Waals surface area contributed by atoms with Gasteiger partial charge in [-0.2, -0.15) is 0 Å². The first-order valence-corrected chi connectivity index (χ1v) is 7.58. The minimum atomic E-state index is -0.744. The molecule has 0 bridgehead atoms. The second-order valence-corrected chi connectivity index (χ2v) is 5.65. The van der Waals surface area contributed by atoms with Crippen LogP contribution >= 0.6 is 0 Å². The molecule has 4 heteroatoms. The lowest BCUT2D eigenvalue weighted by Gasteiger charge is -2.30. The third-order valence-corrected chi connectivity index (χ3v) is 3.99. The van der Waals surface area contributed by atoms with Gasteiger partial charge < -0.3 is 15.3 Å². The van der Waals surface area contributed by atoms with E-state index in [1.807, 2.05) is 13.8 Å². The van der Waals surface area contributed by atoms with Crippen LogP contribution in [-0.2, 0) is 4.79 Å². The van der Waals surface area contributed by atoms with Gasteiger partial charge in [-0.1, -0.05) is 34.1 Å². The summed E-state index contributed by atoms with van der Waals surface area (Å²) in [7, 11) is 2.12. The van der Waals surface area contributed by atoms with Gasteiger partial charge in [-0.3, -0.25) is 4.79 Å². The second kappa shape index (κ2) is 9.32. The highest BCUT2D eigenvalue weighted by Gasteiger charge is 2.34. The average molecular weight is 272 g/mol. The maximum absolute atomic E-state index is 11.5. The van der Waals surface area contributed by atoms with E-state index in [0.717, 1.165) is 19.5 Å². The molecule has 0 aromatic rings. The van der Waals surface area contributed by atoms with E-state index in [1.54, 1.807) is 0 Å². The number of aliphatic carboxylic acids is 1. The predicted molar refractivity (Wildman–Crippen MR) is 80.5 cm³/mol. The standard InChI is InChI=1S/C15H32N2O2/c1-6-13(4)12-17(5)11-9-10-15(7-2,14(18)19)16-8-3/h13,16H,6-12H2,1-5H3,(H,18,19). The Kier molecular flexibility index (Phi) is 9.02. The lowest BCUT2D eigenvalue weighted by molar-refractivity contribution is -0.145. The number of nitrogens with one attached hydrogen (secondary N) is 1. The number of rotatable bonds is 11. The zero-order valence-electron chi connectivity index (χ0n) is 13.3. The van der Waals surface area contributed by atoms with Crippen LogP contribution in [-0.4, -0.2) is 48.2 Å². The van der Waals surface area contributed by atoms with Gasteiger partial charge in [0.15, 0.2) is 0 Å². The first-order valence-electron chi connectivity index (χ1n) is 7.58. The Morgan fingerprint density at radius 2 is 2.00 bits per heavy atom. The van der Waals surface area contributed by atoms with Gasteiger partial charge in [0.05, 0.1) is 0 Å². The molecular formula is C15H32N2O2. The highest BCUT2D eigenvalue weighted by Crippen LogP contribution is 2.18. The molecule has 0 aliphatic rings. The number of hydrogen-bond acceptors (Lipinski definition) is 3. The Morgan fingerprint density at radius 3 is 2.42 bits per heavy atom. The molecule has 0 saturated heterocycles. The Labute approximate surface area is 118 Å². The van der Waals surface area contributed by atoms with E-state index in [2.05, 4.69) is 31.1 Å².